The van der Waals surface area contributed by atoms with Crippen molar-refractivity contribution in [2.75, 3.05) is 27.9 Å². The van der Waals surface area contributed by atoms with Crippen LogP contribution in [0.4, 0.5) is 0 Å². The largest absolute Gasteiger partial charge is 0.497 e. The van der Waals surface area contributed by atoms with Crippen molar-refractivity contribution in [2.24, 2.45) is 0 Å². The fraction of sp³-hybridized carbons (Fsp3) is 0.304. The minimum Gasteiger partial charge on any atom is -0.497 e. The first-order valence-corrected chi connectivity index (χ1v) is 9.62. The maximum absolute atomic E-state index is 13.3. The summed E-state index contributed by atoms with van der Waals surface area (Å²) in [7, 11) is 4.87. The van der Waals surface area contributed by atoms with E-state index in [2.05, 4.69) is 4.98 Å². The fourth-order valence-electron chi connectivity index (χ4n) is 3.91. The molecule has 4 rings (SSSR count). The number of rotatable bonds is 5. The van der Waals surface area contributed by atoms with E-state index in [4.69, 9.17) is 14.2 Å². The molecule has 1 aliphatic heterocycles. The van der Waals surface area contributed by atoms with Crippen LogP contribution in [0.2, 0.25) is 0 Å². The van der Waals surface area contributed by atoms with E-state index >= 15 is 0 Å². The minimum absolute atomic E-state index is 0.00401. The highest BCUT2D eigenvalue weighted by Crippen LogP contribution is 2.37. The number of hydrogen-bond donors (Lipinski definition) is 0. The van der Waals surface area contributed by atoms with Gasteiger partial charge in [0.15, 0.2) is 11.5 Å². The van der Waals surface area contributed by atoms with Gasteiger partial charge in [-0.15, -0.1) is 0 Å². The third kappa shape index (κ3) is 3.58. The van der Waals surface area contributed by atoms with Crippen LogP contribution in [0, 0.1) is 0 Å². The van der Waals surface area contributed by atoms with E-state index in [0.717, 1.165) is 35.1 Å². The summed E-state index contributed by atoms with van der Waals surface area (Å²) in [5.74, 6) is 2.06. The van der Waals surface area contributed by atoms with Crippen molar-refractivity contribution in [3.8, 4) is 17.2 Å². The number of ether oxygens (including phenoxy) is 3. The maximum Gasteiger partial charge on any atom is 0.272 e. The van der Waals surface area contributed by atoms with Crippen molar-refractivity contribution < 1.29 is 19.0 Å². The predicted octanol–water partition coefficient (Wildman–Crippen LogP) is 4.24. The molecular weight excluding hydrogens is 368 g/mol. The Morgan fingerprint density at radius 3 is 2.55 bits per heavy atom. The Morgan fingerprint density at radius 2 is 1.79 bits per heavy atom. The van der Waals surface area contributed by atoms with Gasteiger partial charge in [-0.1, -0.05) is 12.1 Å². The lowest BCUT2D eigenvalue weighted by molar-refractivity contribution is 0.0730. The van der Waals surface area contributed by atoms with Crippen molar-refractivity contribution in [2.45, 2.75) is 18.9 Å². The molecule has 1 aromatic heterocycles. The van der Waals surface area contributed by atoms with E-state index in [9.17, 15) is 4.79 Å². The smallest absolute Gasteiger partial charge is 0.272 e. The number of pyridine rings is 1. The molecule has 1 unspecified atom stereocenters. The van der Waals surface area contributed by atoms with Gasteiger partial charge in [-0.2, -0.15) is 0 Å². The molecule has 1 saturated heterocycles. The Balaban J connectivity index is 1.63. The highest BCUT2D eigenvalue weighted by Gasteiger charge is 2.31. The van der Waals surface area contributed by atoms with Gasteiger partial charge in [-0.3, -0.25) is 4.79 Å². The number of benzene rings is 2. The van der Waals surface area contributed by atoms with Crippen molar-refractivity contribution in [1.82, 2.24) is 9.88 Å². The fourth-order valence-corrected chi connectivity index (χ4v) is 3.91. The van der Waals surface area contributed by atoms with Gasteiger partial charge in [-0.05, 0) is 54.8 Å². The number of fused-ring (bicyclic) bond motifs is 1. The molecule has 1 aliphatic rings. The molecule has 0 saturated carbocycles. The average Bonchev–Trinajstić information content (AvgIpc) is 3.27. The van der Waals surface area contributed by atoms with Gasteiger partial charge in [0.05, 0.1) is 32.9 Å². The monoisotopic (exact) mass is 392 g/mol. The van der Waals surface area contributed by atoms with Gasteiger partial charge < -0.3 is 19.1 Å². The third-order valence-electron chi connectivity index (χ3n) is 5.42. The molecule has 0 spiro atoms. The Morgan fingerprint density at radius 1 is 0.966 bits per heavy atom. The summed E-state index contributed by atoms with van der Waals surface area (Å²) in [6, 6.07) is 15.2. The quantitative estimate of drug-likeness (QED) is 0.650. The van der Waals surface area contributed by atoms with Crippen LogP contribution in [0.25, 0.3) is 10.9 Å². The number of aromatic nitrogens is 1. The number of amides is 1. The first-order chi connectivity index (χ1) is 14.1. The van der Waals surface area contributed by atoms with E-state index in [1.54, 1.807) is 27.4 Å². The van der Waals surface area contributed by atoms with Crippen LogP contribution >= 0.6 is 0 Å². The second-order valence-corrected chi connectivity index (χ2v) is 7.03. The Bertz CT molecular complexity index is 1050. The van der Waals surface area contributed by atoms with Crippen LogP contribution in [0.5, 0.6) is 17.2 Å². The second-order valence-electron chi connectivity index (χ2n) is 7.03. The van der Waals surface area contributed by atoms with E-state index in [1.807, 2.05) is 47.4 Å². The zero-order chi connectivity index (χ0) is 20.4. The predicted molar refractivity (Wildman–Crippen MR) is 111 cm³/mol. The van der Waals surface area contributed by atoms with Gasteiger partial charge in [-0.25, -0.2) is 4.98 Å². The van der Waals surface area contributed by atoms with Crippen LogP contribution in [0.1, 0.15) is 34.9 Å². The standard InChI is InChI=1S/C23H24N2O4/c1-27-17-8-10-18-15(13-17)6-9-19(24-18)23(26)25-12-4-5-20(25)16-7-11-21(28-2)22(14-16)29-3/h6-11,13-14,20H,4-5,12H2,1-3H3. The second kappa shape index (κ2) is 7.99. The SMILES string of the molecule is COc1ccc2nc(C(=O)N3CCCC3c3ccc(OC)c(OC)c3)ccc2c1. The molecule has 6 heteroatoms. The molecule has 1 atom stereocenters. The third-order valence-corrected chi connectivity index (χ3v) is 5.42. The van der Waals surface area contributed by atoms with E-state index in [0.29, 0.717) is 23.7 Å². The van der Waals surface area contributed by atoms with Crippen LogP contribution < -0.4 is 14.2 Å². The van der Waals surface area contributed by atoms with Gasteiger partial charge in [0.25, 0.3) is 5.91 Å². The number of methoxy groups -OCH3 is 3. The normalized spacial score (nSPS) is 16.1. The average molecular weight is 392 g/mol. The summed E-state index contributed by atoms with van der Waals surface area (Å²) < 4.78 is 16.0. The van der Waals surface area contributed by atoms with E-state index < -0.39 is 0 Å². The van der Waals surface area contributed by atoms with Crippen molar-refractivity contribution in [3.05, 3.63) is 59.8 Å². The summed E-state index contributed by atoms with van der Waals surface area (Å²) in [6.07, 6.45) is 1.86. The van der Waals surface area contributed by atoms with E-state index in [1.165, 1.54) is 0 Å². The topological polar surface area (TPSA) is 60.9 Å². The molecule has 1 fully saturated rings. The number of carbonyl (C=O) groups excluding carboxylic acids is 1. The summed E-state index contributed by atoms with van der Waals surface area (Å²) >= 11 is 0. The number of hydrogen-bond acceptors (Lipinski definition) is 5. The Labute approximate surface area is 170 Å². The molecule has 0 bridgehead atoms. The van der Waals surface area contributed by atoms with Gasteiger partial charge in [0, 0.05) is 11.9 Å². The summed E-state index contributed by atoms with van der Waals surface area (Å²) in [5, 5.41) is 0.943. The maximum atomic E-state index is 13.3. The first kappa shape index (κ1) is 19.1. The molecule has 3 aromatic rings. The lowest BCUT2D eigenvalue weighted by Crippen LogP contribution is -2.31. The minimum atomic E-state index is -0.0556. The zero-order valence-electron chi connectivity index (χ0n) is 16.8. The van der Waals surface area contributed by atoms with Crippen molar-refractivity contribution in [1.29, 1.82) is 0 Å². The number of likely N-dealkylation sites (tertiary alicyclic amines) is 1. The lowest BCUT2D eigenvalue weighted by atomic mass is 10.0. The first-order valence-electron chi connectivity index (χ1n) is 9.62. The number of nitrogens with zero attached hydrogens (tertiary/aromatic N) is 2. The molecule has 6 nitrogen and oxygen atoms in total. The van der Waals surface area contributed by atoms with Crippen LogP contribution in [0.15, 0.2) is 48.5 Å². The lowest BCUT2D eigenvalue weighted by Gasteiger charge is -2.25. The Kier molecular flexibility index (Phi) is 5.25. The molecular formula is C23H24N2O4. The highest BCUT2D eigenvalue weighted by atomic mass is 16.5. The van der Waals surface area contributed by atoms with Crippen molar-refractivity contribution >= 4 is 16.8 Å². The van der Waals surface area contributed by atoms with Crippen LogP contribution in [-0.4, -0.2) is 43.7 Å². The van der Waals surface area contributed by atoms with Crippen LogP contribution in [-0.2, 0) is 0 Å². The molecule has 0 aliphatic carbocycles. The molecule has 2 heterocycles. The Hall–Kier alpha value is -3.28. The molecule has 0 radical (unpaired) electrons. The molecule has 29 heavy (non-hydrogen) atoms. The van der Waals surface area contributed by atoms with Crippen LogP contribution in [0.3, 0.4) is 0 Å². The summed E-state index contributed by atoms with van der Waals surface area (Å²) in [5.41, 5.74) is 2.27. The summed E-state index contributed by atoms with van der Waals surface area (Å²) in [6.45, 7) is 0.709. The highest BCUT2D eigenvalue weighted by molar-refractivity contribution is 5.95. The van der Waals surface area contributed by atoms with Gasteiger partial charge >= 0.3 is 0 Å². The molecule has 0 N–H and O–H groups in total. The van der Waals surface area contributed by atoms with Gasteiger partial charge in [0.2, 0.25) is 0 Å². The molecule has 150 valence electrons. The summed E-state index contributed by atoms with van der Waals surface area (Å²) in [4.78, 5) is 19.8. The number of carbonyl (C=O) groups is 1. The molecule has 2 aromatic carbocycles. The van der Waals surface area contributed by atoms with E-state index in [-0.39, 0.29) is 11.9 Å². The van der Waals surface area contributed by atoms with Gasteiger partial charge in [0.1, 0.15) is 11.4 Å². The zero-order valence-corrected chi connectivity index (χ0v) is 16.8. The molecule has 1 amide bonds. The van der Waals surface area contributed by atoms with Crippen molar-refractivity contribution in [3.63, 3.8) is 0 Å².